The maximum atomic E-state index is 13.4. The van der Waals surface area contributed by atoms with Crippen molar-refractivity contribution in [1.29, 1.82) is 0 Å². The van der Waals surface area contributed by atoms with E-state index in [0.717, 1.165) is 36.8 Å². The third-order valence-corrected chi connectivity index (χ3v) is 6.65. The fourth-order valence-corrected chi connectivity index (χ4v) is 4.84. The van der Waals surface area contributed by atoms with Gasteiger partial charge in [0.1, 0.15) is 13.2 Å². The first-order valence-electron chi connectivity index (χ1n) is 11.6. The van der Waals surface area contributed by atoms with E-state index in [1.165, 1.54) is 7.11 Å². The van der Waals surface area contributed by atoms with Gasteiger partial charge in [-0.05, 0) is 36.1 Å². The minimum Gasteiger partial charge on any atom is -0.399 e. The minimum atomic E-state index is -0.651. The van der Waals surface area contributed by atoms with Gasteiger partial charge in [-0.3, -0.25) is 9.59 Å². The number of hydrogen-bond acceptors (Lipinski definition) is 5. The van der Waals surface area contributed by atoms with Gasteiger partial charge in [0.25, 0.3) is 5.91 Å². The topological polar surface area (TPSA) is 91.2 Å². The number of benzene rings is 2. The molecule has 0 unspecified atom stereocenters. The smallest absolute Gasteiger partial charge is 0.254 e. The fraction of sp³-hybridized carbons (Fsp3) is 0.423. The molecule has 33 heavy (non-hydrogen) atoms. The molecular weight excluding hydrogens is 418 g/mol. The van der Waals surface area contributed by atoms with Gasteiger partial charge in [0, 0.05) is 30.6 Å². The first kappa shape index (κ1) is 23.0. The number of nitrogens with one attached hydrogen (secondary N) is 1. The van der Waals surface area contributed by atoms with Crippen LogP contribution in [0.15, 0.2) is 59.8 Å². The van der Waals surface area contributed by atoms with E-state index in [4.69, 9.17) is 4.84 Å². The standard InChI is InChI=1S/C26H31N3O4/c1-33-28-22-15-24(25(31)27-23-10-6-5-9-21(23)17-30)29(16-22)26(32)20-13-11-19(12-14-20)18-7-3-2-4-8-18/h2-4,7-8,11-14,21,23-24,30H,5-6,9-10,15-17H2,1H3,(H,27,31)/t21-,23-,24+/m1/s1. The Bertz CT molecular complexity index is 990. The highest BCUT2D eigenvalue weighted by atomic mass is 16.6. The van der Waals surface area contributed by atoms with Crippen molar-refractivity contribution in [3.8, 4) is 11.1 Å². The Kier molecular flexibility index (Phi) is 7.40. The van der Waals surface area contributed by atoms with Crippen molar-refractivity contribution >= 4 is 17.5 Å². The van der Waals surface area contributed by atoms with Crippen LogP contribution in [0.3, 0.4) is 0 Å². The van der Waals surface area contributed by atoms with Gasteiger partial charge in [-0.1, -0.05) is 60.5 Å². The number of carbonyl (C=O) groups is 2. The van der Waals surface area contributed by atoms with E-state index in [-0.39, 0.29) is 36.9 Å². The molecule has 2 aromatic rings. The normalized spacial score (nSPS) is 24.0. The molecule has 7 heteroatoms. The van der Waals surface area contributed by atoms with Crippen LogP contribution >= 0.6 is 0 Å². The molecule has 2 aliphatic rings. The largest absolute Gasteiger partial charge is 0.399 e. The molecule has 2 N–H and O–H groups in total. The molecule has 1 saturated carbocycles. The summed E-state index contributed by atoms with van der Waals surface area (Å²) in [5.41, 5.74) is 3.29. The van der Waals surface area contributed by atoms with E-state index in [1.807, 2.05) is 42.5 Å². The molecule has 1 aliphatic carbocycles. The van der Waals surface area contributed by atoms with Crippen molar-refractivity contribution in [3.05, 3.63) is 60.2 Å². The molecule has 7 nitrogen and oxygen atoms in total. The zero-order valence-electron chi connectivity index (χ0n) is 18.9. The average molecular weight is 450 g/mol. The van der Waals surface area contributed by atoms with Crippen molar-refractivity contribution in [2.45, 2.75) is 44.2 Å². The second kappa shape index (κ2) is 10.6. The van der Waals surface area contributed by atoms with Crippen molar-refractivity contribution in [2.75, 3.05) is 20.3 Å². The quantitative estimate of drug-likeness (QED) is 0.663. The van der Waals surface area contributed by atoms with Crippen LogP contribution in [0.5, 0.6) is 0 Å². The second-order valence-electron chi connectivity index (χ2n) is 8.78. The average Bonchev–Trinajstić information content (AvgIpc) is 3.29. The van der Waals surface area contributed by atoms with Crippen molar-refractivity contribution < 1.29 is 19.5 Å². The first-order valence-corrected chi connectivity index (χ1v) is 11.6. The van der Waals surface area contributed by atoms with Gasteiger partial charge in [-0.15, -0.1) is 0 Å². The molecule has 0 radical (unpaired) electrons. The molecular formula is C26H31N3O4. The molecule has 1 saturated heterocycles. The van der Waals surface area contributed by atoms with Crippen LogP contribution in [-0.2, 0) is 9.63 Å². The number of nitrogens with zero attached hydrogens (tertiary/aromatic N) is 2. The maximum Gasteiger partial charge on any atom is 0.254 e. The van der Waals surface area contributed by atoms with Gasteiger partial charge in [0.15, 0.2) is 0 Å². The Labute approximate surface area is 194 Å². The zero-order chi connectivity index (χ0) is 23.2. The molecule has 4 rings (SSSR count). The molecule has 174 valence electrons. The van der Waals surface area contributed by atoms with Crippen molar-refractivity contribution in [3.63, 3.8) is 0 Å². The van der Waals surface area contributed by atoms with E-state index < -0.39 is 6.04 Å². The summed E-state index contributed by atoms with van der Waals surface area (Å²) >= 11 is 0. The predicted molar refractivity (Wildman–Crippen MR) is 127 cm³/mol. The van der Waals surface area contributed by atoms with Gasteiger partial charge in [0.05, 0.1) is 12.3 Å². The summed E-state index contributed by atoms with van der Waals surface area (Å²) in [6, 6.07) is 16.7. The second-order valence-corrected chi connectivity index (χ2v) is 8.78. The lowest BCUT2D eigenvalue weighted by Crippen LogP contribution is -2.51. The number of amides is 2. The van der Waals surface area contributed by atoms with E-state index in [0.29, 0.717) is 17.7 Å². The first-order chi connectivity index (χ1) is 16.1. The molecule has 0 aromatic heterocycles. The number of carbonyl (C=O) groups excluding carboxylic acids is 2. The van der Waals surface area contributed by atoms with E-state index >= 15 is 0 Å². The van der Waals surface area contributed by atoms with Gasteiger partial charge >= 0.3 is 0 Å². The van der Waals surface area contributed by atoms with Crippen LogP contribution in [0.4, 0.5) is 0 Å². The molecule has 2 amide bonds. The van der Waals surface area contributed by atoms with Crippen LogP contribution in [0.25, 0.3) is 11.1 Å². The Hall–Kier alpha value is -3.19. The minimum absolute atomic E-state index is 0.0579. The summed E-state index contributed by atoms with van der Waals surface area (Å²) in [4.78, 5) is 33.1. The van der Waals surface area contributed by atoms with Crippen LogP contribution in [-0.4, -0.2) is 59.9 Å². The number of aliphatic hydroxyl groups is 1. The lowest BCUT2D eigenvalue weighted by atomic mass is 9.85. The van der Waals surface area contributed by atoms with Gasteiger partial charge in [-0.25, -0.2) is 0 Å². The number of aliphatic hydroxyl groups excluding tert-OH is 1. The molecule has 0 spiro atoms. The molecule has 2 aromatic carbocycles. The number of oxime groups is 1. The Morgan fingerprint density at radius 1 is 1.06 bits per heavy atom. The molecule has 0 bridgehead atoms. The molecule has 2 fully saturated rings. The summed E-state index contributed by atoms with van der Waals surface area (Å²) in [6.45, 7) is 0.307. The van der Waals surface area contributed by atoms with E-state index in [2.05, 4.69) is 10.5 Å². The summed E-state index contributed by atoms with van der Waals surface area (Å²) in [5.74, 6) is -0.347. The Morgan fingerprint density at radius 2 is 1.76 bits per heavy atom. The van der Waals surface area contributed by atoms with E-state index in [1.54, 1.807) is 17.0 Å². The van der Waals surface area contributed by atoms with Gasteiger partial charge in [-0.2, -0.15) is 0 Å². The molecule has 1 aliphatic heterocycles. The number of hydrogen-bond donors (Lipinski definition) is 2. The zero-order valence-corrected chi connectivity index (χ0v) is 18.9. The Morgan fingerprint density at radius 3 is 2.45 bits per heavy atom. The van der Waals surface area contributed by atoms with Crippen molar-refractivity contribution in [2.24, 2.45) is 11.1 Å². The monoisotopic (exact) mass is 449 g/mol. The maximum absolute atomic E-state index is 13.4. The summed E-state index contributed by atoms with van der Waals surface area (Å²) in [7, 11) is 1.46. The SMILES string of the molecule is CON=C1C[C@@H](C(=O)N[C@@H]2CCCC[C@@H]2CO)N(C(=O)c2ccc(-c3ccccc3)cc2)C1. The number of likely N-dealkylation sites (tertiary alicyclic amines) is 1. The highest BCUT2D eigenvalue weighted by Gasteiger charge is 2.40. The van der Waals surface area contributed by atoms with E-state index in [9.17, 15) is 14.7 Å². The van der Waals surface area contributed by atoms with Gasteiger partial charge in [0.2, 0.25) is 5.91 Å². The lowest BCUT2D eigenvalue weighted by Gasteiger charge is -2.33. The molecule has 1 heterocycles. The predicted octanol–water partition coefficient (Wildman–Crippen LogP) is 3.24. The third kappa shape index (κ3) is 5.25. The molecule has 3 atom stereocenters. The Balaban J connectivity index is 1.51. The van der Waals surface area contributed by atoms with Crippen LogP contribution in [0, 0.1) is 5.92 Å². The van der Waals surface area contributed by atoms with Crippen LogP contribution < -0.4 is 5.32 Å². The van der Waals surface area contributed by atoms with Crippen molar-refractivity contribution in [1.82, 2.24) is 10.2 Å². The fourth-order valence-electron chi connectivity index (χ4n) is 4.84. The highest BCUT2D eigenvalue weighted by molar-refractivity contribution is 6.05. The number of rotatable bonds is 6. The third-order valence-electron chi connectivity index (χ3n) is 6.65. The summed E-state index contributed by atoms with van der Waals surface area (Å²) < 4.78 is 0. The van der Waals surface area contributed by atoms with Gasteiger partial charge < -0.3 is 20.2 Å². The summed E-state index contributed by atoms with van der Waals surface area (Å²) in [5, 5.41) is 16.8. The summed E-state index contributed by atoms with van der Waals surface area (Å²) in [6.07, 6.45) is 4.18. The highest BCUT2D eigenvalue weighted by Crippen LogP contribution is 2.26. The lowest BCUT2D eigenvalue weighted by molar-refractivity contribution is -0.126. The van der Waals surface area contributed by atoms with Crippen LogP contribution in [0.1, 0.15) is 42.5 Å². The van der Waals surface area contributed by atoms with Crippen LogP contribution in [0.2, 0.25) is 0 Å².